The van der Waals surface area contributed by atoms with Crippen LogP contribution in [0.15, 0.2) is 0 Å². The van der Waals surface area contributed by atoms with E-state index >= 15 is 0 Å². The van der Waals surface area contributed by atoms with Crippen LogP contribution in [0.1, 0.15) is 52.9 Å². The van der Waals surface area contributed by atoms with Gasteiger partial charge in [0.2, 0.25) is 0 Å². The van der Waals surface area contributed by atoms with Crippen molar-refractivity contribution in [1.82, 2.24) is 4.90 Å². The van der Waals surface area contributed by atoms with Gasteiger partial charge in [0.1, 0.15) is 0 Å². The van der Waals surface area contributed by atoms with Crippen molar-refractivity contribution in [3.05, 3.63) is 0 Å². The van der Waals surface area contributed by atoms with Crippen LogP contribution in [0.25, 0.3) is 0 Å². The van der Waals surface area contributed by atoms with Crippen molar-refractivity contribution in [1.29, 1.82) is 0 Å². The first-order valence-corrected chi connectivity index (χ1v) is 6.82. The molecule has 0 bridgehead atoms. The van der Waals surface area contributed by atoms with Crippen LogP contribution in [0.4, 0.5) is 0 Å². The maximum atomic E-state index is 2.48. The maximum absolute atomic E-state index is 2.48. The van der Waals surface area contributed by atoms with E-state index in [0.717, 1.165) is 17.8 Å². The number of hydrogen-bond donors (Lipinski definition) is 0. The molecule has 1 rings (SSSR count). The van der Waals surface area contributed by atoms with Gasteiger partial charge in [-0.1, -0.05) is 33.6 Å². The lowest BCUT2D eigenvalue weighted by molar-refractivity contribution is 0.150. The molecule has 1 aliphatic rings. The molecule has 0 amide bonds. The molecule has 1 atom stereocenters. The summed E-state index contributed by atoms with van der Waals surface area (Å²) in [6.45, 7) is 9.73. The van der Waals surface area contributed by atoms with Crippen molar-refractivity contribution in [3.63, 3.8) is 0 Å². The van der Waals surface area contributed by atoms with Crippen molar-refractivity contribution in [2.75, 3.05) is 20.1 Å². The number of rotatable bonds is 5. The van der Waals surface area contributed by atoms with Crippen molar-refractivity contribution >= 4 is 0 Å². The van der Waals surface area contributed by atoms with Crippen LogP contribution in [0.5, 0.6) is 0 Å². The molecule has 0 aromatic carbocycles. The summed E-state index contributed by atoms with van der Waals surface area (Å²) < 4.78 is 0. The van der Waals surface area contributed by atoms with Crippen LogP contribution in [0, 0.1) is 17.8 Å². The fourth-order valence-corrected chi connectivity index (χ4v) is 3.02. The van der Waals surface area contributed by atoms with Crippen molar-refractivity contribution < 1.29 is 0 Å². The second-order valence-corrected chi connectivity index (χ2v) is 5.82. The van der Waals surface area contributed by atoms with Crippen LogP contribution in [0.3, 0.4) is 0 Å². The smallest absolute Gasteiger partial charge is 0.00190 e. The molecule has 1 aliphatic heterocycles. The number of likely N-dealkylation sites (tertiary alicyclic amines) is 1. The highest BCUT2D eigenvalue weighted by Gasteiger charge is 2.25. The summed E-state index contributed by atoms with van der Waals surface area (Å²) in [5, 5.41) is 0. The minimum Gasteiger partial charge on any atom is -0.306 e. The molecule has 1 fully saturated rings. The third-order valence-corrected chi connectivity index (χ3v) is 3.86. The highest BCUT2D eigenvalue weighted by molar-refractivity contribution is 4.77. The summed E-state index contributed by atoms with van der Waals surface area (Å²) >= 11 is 0. The third kappa shape index (κ3) is 4.55. The SMILES string of the molecule is CCCC(CC(C)C)C1CCN(C)CC1. The molecule has 0 aliphatic carbocycles. The van der Waals surface area contributed by atoms with E-state index in [1.165, 1.54) is 45.2 Å². The first-order chi connectivity index (χ1) is 7.13. The zero-order valence-corrected chi connectivity index (χ0v) is 11.1. The summed E-state index contributed by atoms with van der Waals surface area (Å²) in [6, 6.07) is 0. The predicted molar refractivity (Wildman–Crippen MR) is 68.1 cm³/mol. The molecular weight excluding hydrogens is 182 g/mol. The topological polar surface area (TPSA) is 3.24 Å². The van der Waals surface area contributed by atoms with Gasteiger partial charge >= 0.3 is 0 Å². The van der Waals surface area contributed by atoms with E-state index < -0.39 is 0 Å². The Bertz CT molecular complexity index is 157. The molecule has 1 heteroatoms. The van der Waals surface area contributed by atoms with Crippen LogP contribution < -0.4 is 0 Å². The highest BCUT2D eigenvalue weighted by atomic mass is 15.1. The molecular formula is C14H29N. The van der Waals surface area contributed by atoms with Gasteiger partial charge in [0.05, 0.1) is 0 Å². The largest absolute Gasteiger partial charge is 0.306 e. The molecule has 0 spiro atoms. The van der Waals surface area contributed by atoms with E-state index in [4.69, 9.17) is 0 Å². The second-order valence-electron chi connectivity index (χ2n) is 5.82. The van der Waals surface area contributed by atoms with E-state index in [1.807, 2.05) is 0 Å². The molecule has 0 N–H and O–H groups in total. The van der Waals surface area contributed by atoms with E-state index in [-0.39, 0.29) is 0 Å². The monoisotopic (exact) mass is 211 g/mol. The minimum atomic E-state index is 0.876. The van der Waals surface area contributed by atoms with E-state index in [1.54, 1.807) is 0 Å². The van der Waals surface area contributed by atoms with Gasteiger partial charge in [0, 0.05) is 0 Å². The molecule has 1 nitrogen and oxygen atoms in total. The Morgan fingerprint density at radius 2 is 1.80 bits per heavy atom. The molecule has 90 valence electrons. The Hall–Kier alpha value is -0.0400. The molecule has 15 heavy (non-hydrogen) atoms. The van der Waals surface area contributed by atoms with Crippen molar-refractivity contribution in [2.24, 2.45) is 17.8 Å². The fraction of sp³-hybridized carbons (Fsp3) is 1.00. The lowest BCUT2D eigenvalue weighted by Gasteiger charge is -2.35. The number of hydrogen-bond acceptors (Lipinski definition) is 1. The second kappa shape index (κ2) is 6.52. The average molecular weight is 211 g/mol. The van der Waals surface area contributed by atoms with Gasteiger partial charge in [0.15, 0.2) is 0 Å². The average Bonchev–Trinajstić information content (AvgIpc) is 2.17. The summed E-state index contributed by atoms with van der Waals surface area (Å²) in [5.41, 5.74) is 0. The molecule has 1 saturated heterocycles. The Labute approximate surface area is 96.2 Å². The normalized spacial score (nSPS) is 22.2. The lowest BCUT2D eigenvalue weighted by atomic mass is 9.77. The maximum Gasteiger partial charge on any atom is -0.00190 e. The first kappa shape index (κ1) is 13.0. The van der Waals surface area contributed by atoms with Gasteiger partial charge in [-0.15, -0.1) is 0 Å². The van der Waals surface area contributed by atoms with Crippen LogP contribution in [0.2, 0.25) is 0 Å². The van der Waals surface area contributed by atoms with E-state index in [2.05, 4.69) is 32.7 Å². The standard InChI is InChI=1S/C14H29N/c1-5-6-14(11-12(2)3)13-7-9-15(4)10-8-13/h12-14H,5-11H2,1-4H3. The number of nitrogens with zero attached hydrogens (tertiary/aromatic N) is 1. The summed E-state index contributed by atoms with van der Waals surface area (Å²) in [6.07, 6.45) is 7.14. The molecule has 0 radical (unpaired) electrons. The quantitative estimate of drug-likeness (QED) is 0.669. The fourth-order valence-electron chi connectivity index (χ4n) is 3.02. The minimum absolute atomic E-state index is 0.876. The third-order valence-electron chi connectivity index (χ3n) is 3.86. The van der Waals surface area contributed by atoms with Gasteiger partial charge in [-0.3, -0.25) is 0 Å². The zero-order chi connectivity index (χ0) is 11.3. The Morgan fingerprint density at radius 3 is 2.27 bits per heavy atom. The van der Waals surface area contributed by atoms with Crippen LogP contribution in [-0.2, 0) is 0 Å². The van der Waals surface area contributed by atoms with Gasteiger partial charge in [0.25, 0.3) is 0 Å². The van der Waals surface area contributed by atoms with Gasteiger partial charge < -0.3 is 4.90 Å². The van der Waals surface area contributed by atoms with Crippen LogP contribution >= 0.6 is 0 Å². The lowest BCUT2D eigenvalue weighted by Crippen LogP contribution is -2.33. The Morgan fingerprint density at radius 1 is 1.20 bits per heavy atom. The molecule has 1 unspecified atom stereocenters. The summed E-state index contributed by atoms with van der Waals surface area (Å²) in [4.78, 5) is 2.48. The Kier molecular flexibility index (Phi) is 5.66. The van der Waals surface area contributed by atoms with Crippen LogP contribution in [-0.4, -0.2) is 25.0 Å². The molecule has 0 aromatic rings. The van der Waals surface area contributed by atoms with E-state index in [0.29, 0.717) is 0 Å². The van der Waals surface area contributed by atoms with Gasteiger partial charge in [-0.05, 0) is 57.2 Å². The van der Waals surface area contributed by atoms with Gasteiger partial charge in [-0.2, -0.15) is 0 Å². The van der Waals surface area contributed by atoms with Crippen molar-refractivity contribution in [2.45, 2.75) is 52.9 Å². The van der Waals surface area contributed by atoms with Crippen molar-refractivity contribution in [3.8, 4) is 0 Å². The highest BCUT2D eigenvalue weighted by Crippen LogP contribution is 2.32. The number of piperidine rings is 1. The molecule has 0 saturated carbocycles. The zero-order valence-electron chi connectivity index (χ0n) is 11.1. The van der Waals surface area contributed by atoms with E-state index in [9.17, 15) is 0 Å². The summed E-state index contributed by atoms with van der Waals surface area (Å²) in [5.74, 6) is 2.90. The predicted octanol–water partition coefficient (Wildman–Crippen LogP) is 3.79. The first-order valence-electron chi connectivity index (χ1n) is 6.82. The molecule has 1 heterocycles. The molecule has 0 aromatic heterocycles. The Balaban J connectivity index is 2.40. The van der Waals surface area contributed by atoms with Gasteiger partial charge in [-0.25, -0.2) is 0 Å². The summed E-state index contributed by atoms with van der Waals surface area (Å²) in [7, 11) is 2.26.